The molecule has 1 saturated carbocycles. The van der Waals surface area contributed by atoms with E-state index in [1.165, 1.54) is 20.0 Å². The SMILES string of the molecule is COC(=O)c1ccc(C(N)C(C)C2CC2)o1. The van der Waals surface area contributed by atoms with Crippen molar-refractivity contribution in [1.82, 2.24) is 0 Å². The van der Waals surface area contributed by atoms with Crippen molar-refractivity contribution >= 4 is 5.97 Å². The highest BCUT2D eigenvalue weighted by Crippen LogP contribution is 2.41. The molecule has 1 aliphatic carbocycles. The molecular formula is C12H17NO3. The summed E-state index contributed by atoms with van der Waals surface area (Å²) in [5.74, 6) is 1.53. The summed E-state index contributed by atoms with van der Waals surface area (Å²) in [6.07, 6.45) is 2.50. The number of nitrogens with two attached hydrogens (primary N) is 1. The average Bonchev–Trinajstić information content (AvgIpc) is 3.03. The normalized spacial score (nSPS) is 19.2. The third kappa shape index (κ3) is 2.11. The zero-order valence-corrected chi connectivity index (χ0v) is 9.60. The lowest BCUT2D eigenvalue weighted by Gasteiger charge is -2.16. The van der Waals surface area contributed by atoms with E-state index in [1.54, 1.807) is 12.1 Å². The molecule has 0 aliphatic heterocycles. The Bertz CT molecular complexity index is 381. The van der Waals surface area contributed by atoms with Crippen LogP contribution in [0, 0.1) is 11.8 Å². The van der Waals surface area contributed by atoms with Crippen LogP contribution in [0.25, 0.3) is 0 Å². The van der Waals surface area contributed by atoms with Crippen molar-refractivity contribution in [2.45, 2.75) is 25.8 Å². The number of methoxy groups -OCH3 is 1. The molecule has 88 valence electrons. The van der Waals surface area contributed by atoms with Gasteiger partial charge in [0.15, 0.2) is 0 Å². The minimum Gasteiger partial charge on any atom is -0.463 e. The Morgan fingerprint density at radius 2 is 2.25 bits per heavy atom. The number of carbonyl (C=O) groups excluding carboxylic acids is 1. The molecule has 0 spiro atoms. The van der Waals surface area contributed by atoms with E-state index >= 15 is 0 Å². The van der Waals surface area contributed by atoms with E-state index in [9.17, 15) is 4.79 Å². The standard InChI is InChI=1S/C12H17NO3/c1-7(8-3-4-8)11(13)9-5-6-10(16-9)12(14)15-2/h5-8,11H,3-4,13H2,1-2H3. The molecule has 2 N–H and O–H groups in total. The van der Waals surface area contributed by atoms with Crippen LogP contribution in [0.4, 0.5) is 0 Å². The van der Waals surface area contributed by atoms with Crippen molar-refractivity contribution in [1.29, 1.82) is 0 Å². The average molecular weight is 223 g/mol. The summed E-state index contributed by atoms with van der Waals surface area (Å²) >= 11 is 0. The molecule has 1 aromatic heterocycles. The Morgan fingerprint density at radius 1 is 1.56 bits per heavy atom. The highest BCUT2D eigenvalue weighted by molar-refractivity contribution is 5.86. The number of hydrogen-bond donors (Lipinski definition) is 1. The lowest BCUT2D eigenvalue weighted by Crippen LogP contribution is -2.20. The van der Waals surface area contributed by atoms with Crippen LogP contribution >= 0.6 is 0 Å². The summed E-state index contributed by atoms with van der Waals surface area (Å²) < 4.78 is 9.97. The predicted octanol–water partition coefficient (Wildman–Crippen LogP) is 2.11. The van der Waals surface area contributed by atoms with Gasteiger partial charge < -0.3 is 14.9 Å². The van der Waals surface area contributed by atoms with Gasteiger partial charge in [-0.2, -0.15) is 0 Å². The molecule has 1 fully saturated rings. The summed E-state index contributed by atoms with van der Waals surface area (Å²) in [7, 11) is 1.33. The summed E-state index contributed by atoms with van der Waals surface area (Å²) in [6.45, 7) is 2.13. The second-order valence-electron chi connectivity index (χ2n) is 4.42. The predicted molar refractivity (Wildman–Crippen MR) is 58.9 cm³/mol. The molecule has 1 aliphatic rings. The second kappa shape index (κ2) is 4.29. The van der Waals surface area contributed by atoms with Crippen LogP contribution in [0.2, 0.25) is 0 Å². The quantitative estimate of drug-likeness (QED) is 0.794. The Labute approximate surface area is 94.8 Å². The summed E-state index contributed by atoms with van der Waals surface area (Å²) in [5, 5.41) is 0. The summed E-state index contributed by atoms with van der Waals surface area (Å²) in [4.78, 5) is 11.2. The van der Waals surface area contributed by atoms with Gasteiger partial charge in [0.1, 0.15) is 5.76 Å². The van der Waals surface area contributed by atoms with Crippen molar-refractivity contribution < 1.29 is 13.9 Å². The Morgan fingerprint density at radius 3 is 2.81 bits per heavy atom. The van der Waals surface area contributed by atoms with Crippen LogP contribution < -0.4 is 5.73 Å². The van der Waals surface area contributed by atoms with E-state index in [0.29, 0.717) is 17.6 Å². The van der Waals surface area contributed by atoms with Gasteiger partial charge in [0, 0.05) is 0 Å². The van der Waals surface area contributed by atoms with Gasteiger partial charge in [-0.25, -0.2) is 4.79 Å². The largest absolute Gasteiger partial charge is 0.463 e. The number of rotatable bonds is 4. The van der Waals surface area contributed by atoms with E-state index in [1.807, 2.05) is 0 Å². The number of ether oxygens (including phenoxy) is 1. The first-order valence-electron chi connectivity index (χ1n) is 5.57. The first kappa shape index (κ1) is 11.2. The van der Waals surface area contributed by atoms with Crippen molar-refractivity contribution in [3.8, 4) is 0 Å². The fraction of sp³-hybridized carbons (Fsp3) is 0.583. The van der Waals surface area contributed by atoms with E-state index in [4.69, 9.17) is 10.2 Å². The molecule has 0 bridgehead atoms. The van der Waals surface area contributed by atoms with Crippen molar-refractivity contribution in [3.63, 3.8) is 0 Å². The zero-order chi connectivity index (χ0) is 11.7. The van der Waals surface area contributed by atoms with Gasteiger partial charge in [0.2, 0.25) is 5.76 Å². The van der Waals surface area contributed by atoms with Gasteiger partial charge in [0.05, 0.1) is 13.2 Å². The molecule has 4 heteroatoms. The van der Waals surface area contributed by atoms with Crippen LogP contribution in [0.1, 0.15) is 42.1 Å². The minimum atomic E-state index is -0.461. The molecule has 2 rings (SSSR count). The minimum absolute atomic E-state index is 0.133. The number of furan rings is 1. The van der Waals surface area contributed by atoms with Crippen LogP contribution in [-0.2, 0) is 4.74 Å². The van der Waals surface area contributed by atoms with Gasteiger partial charge in [-0.15, -0.1) is 0 Å². The van der Waals surface area contributed by atoms with Crippen LogP contribution in [0.3, 0.4) is 0 Å². The van der Waals surface area contributed by atoms with Gasteiger partial charge in [0.25, 0.3) is 0 Å². The van der Waals surface area contributed by atoms with Crippen LogP contribution in [-0.4, -0.2) is 13.1 Å². The summed E-state index contributed by atoms with van der Waals surface area (Å²) in [6, 6.07) is 3.24. The first-order chi connectivity index (χ1) is 7.63. The van der Waals surface area contributed by atoms with E-state index in [2.05, 4.69) is 11.7 Å². The topological polar surface area (TPSA) is 65.5 Å². The third-order valence-corrected chi connectivity index (χ3v) is 3.27. The molecule has 16 heavy (non-hydrogen) atoms. The number of esters is 1. The van der Waals surface area contributed by atoms with Gasteiger partial charge >= 0.3 is 5.97 Å². The van der Waals surface area contributed by atoms with E-state index in [0.717, 1.165) is 0 Å². The fourth-order valence-electron chi connectivity index (χ4n) is 1.92. The molecule has 0 amide bonds. The van der Waals surface area contributed by atoms with Gasteiger partial charge in [-0.3, -0.25) is 0 Å². The Kier molecular flexibility index (Phi) is 3.01. The van der Waals surface area contributed by atoms with E-state index < -0.39 is 5.97 Å². The highest BCUT2D eigenvalue weighted by atomic mass is 16.5. The molecular weight excluding hydrogens is 206 g/mol. The highest BCUT2D eigenvalue weighted by Gasteiger charge is 2.33. The Balaban J connectivity index is 2.08. The smallest absolute Gasteiger partial charge is 0.373 e. The monoisotopic (exact) mass is 223 g/mol. The van der Waals surface area contributed by atoms with Crippen molar-refractivity contribution in [3.05, 3.63) is 23.7 Å². The van der Waals surface area contributed by atoms with Crippen molar-refractivity contribution in [2.24, 2.45) is 17.6 Å². The number of hydrogen-bond acceptors (Lipinski definition) is 4. The number of carbonyl (C=O) groups is 1. The van der Waals surface area contributed by atoms with Crippen molar-refractivity contribution in [2.75, 3.05) is 7.11 Å². The molecule has 2 unspecified atom stereocenters. The maximum atomic E-state index is 11.2. The molecule has 0 aromatic carbocycles. The molecule has 1 aromatic rings. The van der Waals surface area contributed by atoms with Crippen LogP contribution in [0.15, 0.2) is 16.5 Å². The maximum Gasteiger partial charge on any atom is 0.373 e. The maximum absolute atomic E-state index is 11.2. The lowest BCUT2D eigenvalue weighted by atomic mass is 9.96. The van der Waals surface area contributed by atoms with Gasteiger partial charge in [-0.1, -0.05) is 6.92 Å². The van der Waals surface area contributed by atoms with E-state index in [-0.39, 0.29) is 11.8 Å². The second-order valence-corrected chi connectivity index (χ2v) is 4.42. The molecule has 4 nitrogen and oxygen atoms in total. The van der Waals surface area contributed by atoms with Crippen LogP contribution in [0.5, 0.6) is 0 Å². The molecule has 0 radical (unpaired) electrons. The lowest BCUT2D eigenvalue weighted by molar-refractivity contribution is 0.0561. The first-order valence-corrected chi connectivity index (χ1v) is 5.57. The Hall–Kier alpha value is -1.29. The fourth-order valence-corrected chi connectivity index (χ4v) is 1.92. The zero-order valence-electron chi connectivity index (χ0n) is 9.60. The van der Waals surface area contributed by atoms with Gasteiger partial charge in [-0.05, 0) is 36.8 Å². The third-order valence-electron chi connectivity index (χ3n) is 3.27. The molecule has 0 saturated heterocycles. The molecule has 1 heterocycles. The summed E-state index contributed by atoms with van der Waals surface area (Å²) in [5.41, 5.74) is 6.09. The molecule has 2 atom stereocenters.